The molecular formula is C91H131N19+6. The summed E-state index contributed by atoms with van der Waals surface area (Å²) in [7, 11) is 19.5. The van der Waals surface area contributed by atoms with Crippen LogP contribution in [0.3, 0.4) is 0 Å². The predicted molar refractivity (Wildman–Crippen MR) is 438 cm³/mol. The summed E-state index contributed by atoms with van der Waals surface area (Å²) < 4.78 is 13.6. The molecule has 0 N–H and O–H groups in total. The molecular weight excluding hydrogens is 1360 g/mol. The Hall–Kier alpha value is -7.66. The third-order valence-electron chi connectivity index (χ3n) is 28.1. The summed E-state index contributed by atoms with van der Waals surface area (Å²) in [5, 5.41) is 0. The van der Waals surface area contributed by atoms with Gasteiger partial charge in [-0.2, -0.15) is 0 Å². The summed E-state index contributed by atoms with van der Waals surface area (Å²) >= 11 is 0. The molecule has 16 atom stereocenters. The molecule has 0 radical (unpaired) electrons. The predicted octanol–water partition coefficient (Wildman–Crippen LogP) is 7.63. The largest absolute Gasteiger partial charge is 0.289 e. The maximum Gasteiger partial charge on any atom is 0.282 e. The monoisotopic (exact) mass is 1490 g/mol. The fourth-order valence-electron chi connectivity index (χ4n) is 21.9. The van der Waals surface area contributed by atoms with Crippen LogP contribution in [0, 0.1) is 11.8 Å². The van der Waals surface area contributed by atoms with Gasteiger partial charge < -0.3 is 0 Å². The molecule has 12 bridgehead atoms. The number of hydrogen-bond acceptors (Lipinski definition) is 13. The lowest BCUT2D eigenvalue weighted by Gasteiger charge is -2.62. The van der Waals surface area contributed by atoms with E-state index in [4.69, 9.17) is 0 Å². The third-order valence-corrected chi connectivity index (χ3v) is 28.1. The van der Waals surface area contributed by atoms with Crippen molar-refractivity contribution < 1.29 is 27.4 Å². The van der Waals surface area contributed by atoms with Crippen molar-refractivity contribution in [2.45, 2.75) is 140 Å². The van der Waals surface area contributed by atoms with Crippen LogP contribution in [0.15, 0.2) is 195 Å². The Labute approximate surface area is 659 Å². The number of piperidine rings is 4. The first-order valence-corrected chi connectivity index (χ1v) is 41.5. The lowest BCUT2D eigenvalue weighted by atomic mass is 9.63. The molecule has 15 aliphatic rings. The molecule has 0 aliphatic carbocycles. The van der Waals surface area contributed by atoms with Crippen LogP contribution < -0.4 is 42.1 Å². The summed E-state index contributed by atoms with van der Waals surface area (Å²) in [5.74, 6) is 5.54. The van der Waals surface area contributed by atoms with Crippen molar-refractivity contribution in [1.29, 1.82) is 0 Å². The maximum absolute atomic E-state index is 2.69. The van der Waals surface area contributed by atoms with Gasteiger partial charge in [-0.05, 0) is 142 Å². The lowest BCUT2D eigenvalue weighted by Crippen LogP contribution is -2.78. The van der Waals surface area contributed by atoms with E-state index in [-0.39, 0.29) is 5.41 Å². The smallest absolute Gasteiger partial charge is 0.282 e. The first-order chi connectivity index (χ1) is 53.1. The molecule has 21 heterocycles. The number of nitrogens with zero attached hydrogens (tertiary/aromatic N) is 19. The van der Waals surface area contributed by atoms with Crippen molar-refractivity contribution in [2.75, 3.05) is 141 Å². The van der Waals surface area contributed by atoms with Gasteiger partial charge in [-0.15, -0.1) is 0 Å². The normalized spacial score (nSPS) is 32.8. The van der Waals surface area contributed by atoms with E-state index in [1.165, 1.54) is 155 Å². The Morgan fingerprint density at radius 3 is 1.22 bits per heavy atom. The van der Waals surface area contributed by atoms with E-state index >= 15 is 0 Å². The summed E-state index contributed by atoms with van der Waals surface area (Å²) in [4.78, 5) is 33.1. The van der Waals surface area contributed by atoms with E-state index in [0.717, 1.165) is 64.4 Å². The standard InChI is InChI=1S/2C17H22N3.2C15H22N3.C14H21N4.C13H22N3/c1-14-18(2)13-11-15-8-4-5-9-16(15)20(14)17-10-6-7-12-19(17)3;1-14-19(3)12-15-8-4-5-9-16(15)13-20(14)17-10-6-7-11-18(17)2;2*1-12-15(14-5-3-4-6-16(14)2)7-13-8-17(10-15)11-18(12)9-13;1-12-14(13-5-3-4-6-15(13)2)7-16-9-17(8-14)11-18(12)10-16;1-12-14(2)9-6-7-11-16(12)13-8-4-5-10-15(13)3/h4-10,12,14H,11,13H2,1-3H3;4-11,14H,12-13H2,1-3H3;2*3-6,12-13H,7-11H2,1-2H3;3-6,12H,7-11H2,1-2H3;4-5,8,10,12H,6-7,9,11H2,1-3H3/q6*+1. The second-order valence-corrected chi connectivity index (χ2v) is 35.1. The Balaban J connectivity index is 0.000000105. The van der Waals surface area contributed by atoms with Crippen LogP contribution in [0.25, 0.3) is 0 Å². The maximum atomic E-state index is 2.69. The first kappa shape index (κ1) is 77.7. The van der Waals surface area contributed by atoms with Crippen molar-refractivity contribution in [3.05, 3.63) is 229 Å². The second kappa shape index (κ2) is 32.8. The molecule has 584 valence electrons. The number of fused-ring (bicyclic) bond motifs is 2. The molecule has 19 heteroatoms. The number of aryl methyl sites for hydroxylation is 6. The Morgan fingerprint density at radius 2 is 0.718 bits per heavy atom. The number of likely N-dealkylation sites (N-methyl/N-ethyl adjacent to an activating group) is 1. The number of pyridine rings is 6. The van der Waals surface area contributed by atoms with Gasteiger partial charge in [-0.1, -0.05) is 78.9 Å². The van der Waals surface area contributed by atoms with Crippen LogP contribution in [-0.4, -0.2) is 212 Å². The van der Waals surface area contributed by atoms with Crippen LogP contribution in [0.2, 0.25) is 0 Å². The molecule has 0 spiro atoms. The highest BCUT2D eigenvalue weighted by molar-refractivity contribution is 5.64. The van der Waals surface area contributed by atoms with Gasteiger partial charge in [-0.25, -0.2) is 42.1 Å². The van der Waals surface area contributed by atoms with Crippen molar-refractivity contribution in [3.63, 3.8) is 0 Å². The number of para-hydroxylation sites is 1. The van der Waals surface area contributed by atoms with Gasteiger partial charge in [0.15, 0.2) is 41.8 Å². The minimum atomic E-state index is 0.282. The molecule has 16 unspecified atom stereocenters. The summed E-state index contributed by atoms with van der Waals surface area (Å²) in [6.07, 6.45) is 20.5. The van der Waals surface area contributed by atoms with Gasteiger partial charge in [0.05, 0.1) is 95.9 Å². The molecule has 15 aliphatic heterocycles. The van der Waals surface area contributed by atoms with E-state index in [9.17, 15) is 0 Å². The van der Waals surface area contributed by atoms with Crippen LogP contribution in [0.5, 0.6) is 0 Å². The SMILES string of the molecule is CC1N(C)CCCCN1c1cccc[n+]1C.CC1N(C)CCc2ccccc2N1c1cccc[n+]1C.CC1N(C)Cc2ccccc2CN1c1cccc[n+]1C.CC1N2CC3CN(C2)CC1(c1cccc[n+]1C)C3.CC1N2CC3CN(C2)CC1(c1cccc[n+]1C)C3.CC1N2CN3CN(C2)CC1(c1cccc[n+]1C)C3. The minimum Gasteiger partial charge on any atom is -0.289 e. The quantitative estimate of drug-likeness (QED) is 0.154. The van der Waals surface area contributed by atoms with Crippen molar-refractivity contribution in [2.24, 2.45) is 54.1 Å². The molecule has 0 amide bonds. The van der Waals surface area contributed by atoms with E-state index in [2.05, 4.69) is 391 Å². The molecule has 8 aromatic rings. The highest BCUT2D eigenvalue weighted by Gasteiger charge is 2.61. The van der Waals surface area contributed by atoms with Gasteiger partial charge >= 0.3 is 0 Å². The van der Waals surface area contributed by atoms with Gasteiger partial charge in [0.2, 0.25) is 0 Å². The first-order valence-electron chi connectivity index (χ1n) is 41.5. The molecule has 13 saturated heterocycles. The number of aromatic nitrogens is 6. The van der Waals surface area contributed by atoms with Crippen molar-refractivity contribution in [1.82, 2.24) is 49.0 Å². The van der Waals surface area contributed by atoms with Crippen LogP contribution in [-0.2, 0) is 78.0 Å². The van der Waals surface area contributed by atoms with Gasteiger partial charge in [0, 0.05) is 150 Å². The fourth-order valence-corrected chi connectivity index (χ4v) is 21.9. The molecule has 110 heavy (non-hydrogen) atoms. The summed E-state index contributed by atoms with van der Waals surface area (Å²) in [6, 6.07) is 58.6. The van der Waals surface area contributed by atoms with Crippen molar-refractivity contribution in [3.8, 4) is 0 Å². The average molecular weight is 1490 g/mol. The molecule has 13 fully saturated rings. The Kier molecular flexibility index (Phi) is 23.2. The van der Waals surface area contributed by atoms with Gasteiger partial charge in [-0.3, -0.25) is 49.0 Å². The number of anilines is 4. The molecule has 2 aromatic carbocycles. The number of benzene rings is 2. The summed E-state index contributed by atoms with van der Waals surface area (Å²) in [6.45, 7) is 35.5. The van der Waals surface area contributed by atoms with Gasteiger partial charge in [0.25, 0.3) is 17.5 Å². The summed E-state index contributed by atoms with van der Waals surface area (Å²) in [5.41, 5.74) is 11.1. The van der Waals surface area contributed by atoms with E-state index in [1.54, 1.807) is 0 Å². The third kappa shape index (κ3) is 15.3. The zero-order chi connectivity index (χ0) is 76.8. The topological polar surface area (TPSA) is 65.4 Å². The van der Waals surface area contributed by atoms with E-state index in [1.807, 2.05) is 0 Å². The molecule has 6 aromatic heterocycles. The highest BCUT2D eigenvalue weighted by Crippen LogP contribution is 2.49. The lowest BCUT2D eigenvalue weighted by molar-refractivity contribution is -0.684. The Morgan fingerprint density at radius 1 is 0.327 bits per heavy atom. The highest BCUT2D eigenvalue weighted by atomic mass is 15.6. The Bertz CT molecular complexity index is 4200. The molecule has 19 nitrogen and oxygen atoms in total. The van der Waals surface area contributed by atoms with Crippen LogP contribution in [0.4, 0.5) is 23.1 Å². The van der Waals surface area contributed by atoms with Crippen LogP contribution in [0.1, 0.15) is 101 Å². The fraction of sp³-hybridized carbons (Fsp3) is 0.538. The zero-order valence-electron chi connectivity index (χ0n) is 69.4. The molecule has 0 saturated carbocycles. The number of hydrogen-bond donors (Lipinski definition) is 0. The van der Waals surface area contributed by atoms with E-state index < -0.39 is 0 Å². The molecule has 23 rings (SSSR count). The van der Waals surface area contributed by atoms with Crippen molar-refractivity contribution >= 4 is 23.1 Å². The average Bonchev–Trinajstić information content (AvgIpc) is 0.895. The number of rotatable bonds is 6. The zero-order valence-corrected chi connectivity index (χ0v) is 69.4. The van der Waals surface area contributed by atoms with E-state index in [0.29, 0.717) is 47.5 Å². The van der Waals surface area contributed by atoms with Gasteiger partial charge in [0.1, 0.15) is 45.7 Å². The second-order valence-electron chi connectivity index (χ2n) is 35.1. The van der Waals surface area contributed by atoms with Crippen LogP contribution >= 0.6 is 0 Å². The minimum absolute atomic E-state index is 0.282.